The Bertz CT molecular complexity index is 1610. The Morgan fingerprint density at radius 1 is 1.12 bits per heavy atom. The molecular formula is C27H33N5O6S2. The van der Waals surface area contributed by atoms with Crippen LogP contribution in [0.4, 0.5) is 11.4 Å². The molecule has 214 valence electrons. The van der Waals surface area contributed by atoms with E-state index < -0.39 is 37.3 Å². The van der Waals surface area contributed by atoms with Gasteiger partial charge in [0, 0.05) is 24.7 Å². The van der Waals surface area contributed by atoms with Crippen LogP contribution in [0.2, 0.25) is 0 Å². The number of hydrogen-bond donors (Lipinski definition) is 3. The largest absolute Gasteiger partial charge is 0.341 e. The highest BCUT2D eigenvalue weighted by molar-refractivity contribution is 7.91. The highest BCUT2D eigenvalue weighted by Gasteiger charge is 2.53. The third-order valence-corrected chi connectivity index (χ3v) is 10.7. The highest BCUT2D eigenvalue weighted by Crippen LogP contribution is 2.45. The van der Waals surface area contributed by atoms with Gasteiger partial charge in [-0.25, -0.2) is 0 Å². The van der Waals surface area contributed by atoms with Crippen LogP contribution in [0.15, 0.2) is 51.8 Å². The fraction of sp³-hybridized carbons (Fsp3) is 0.444. The summed E-state index contributed by atoms with van der Waals surface area (Å²) in [6.45, 7) is 4.37. The average molecular weight is 588 g/mol. The molecular weight excluding hydrogens is 554 g/mol. The molecule has 40 heavy (non-hydrogen) atoms. The third kappa shape index (κ3) is 4.74. The smallest absolute Gasteiger partial charge is 0.301 e. The Balaban J connectivity index is 1.51. The van der Waals surface area contributed by atoms with E-state index in [0.29, 0.717) is 43.2 Å². The molecule has 0 radical (unpaired) electrons. The summed E-state index contributed by atoms with van der Waals surface area (Å²) in [7, 11) is -8.32. The molecule has 2 aliphatic heterocycles. The Morgan fingerprint density at radius 3 is 2.48 bits per heavy atom. The second kappa shape index (κ2) is 10.4. The van der Waals surface area contributed by atoms with Crippen molar-refractivity contribution in [2.45, 2.75) is 62.3 Å². The van der Waals surface area contributed by atoms with Gasteiger partial charge in [0.25, 0.3) is 10.0 Å². The monoisotopic (exact) mass is 587 g/mol. The Kier molecular flexibility index (Phi) is 7.36. The quantitative estimate of drug-likeness (QED) is 0.396. The zero-order valence-electron chi connectivity index (χ0n) is 22.4. The van der Waals surface area contributed by atoms with E-state index >= 15 is 0 Å². The standard InChI is InChI=1S/C27H33N5O6S2/c1-3-12-27(13-4-2)20-8-6-5-7-19(20)24(33)23(25(27)34)26-29-21-10-9-18(15-22(21)39(35,36)31-26)30-40(37,38)32-14-11-17(28)16-32/h5-10,15,17,23,30H,3-4,11-14,16,28H2,1-2H3,(H,29,31). The summed E-state index contributed by atoms with van der Waals surface area (Å²) in [6.07, 6.45) is 2.96. The minimum absolute atomic E-state index is 0.0342. The van der Waals surface area contributed by atoms with Crippen molar-refractivity contribution in [3.63, 3.8) is 0 Å². The van der Waals surface area contributed by atoms with Crippen molar-refractivity contribution in [3.05, 3.63) is 53.6 Å². The number of anilines is 2. The van der Waals surface area contributed by atoms with Crippen molar-refractivity contribution in [1.82, 2.24) is 4.31 Å². The van der Waals surface area contributed by atoms with Gasteiger partial charge in [-0.05, 0) is 43.0 Å². The van der Waals surface area contributed by atoms with E-state index in [0.717, 1.165) is 0 Å². The molecule has 2 aromatic rings. The number of amidine groups is 1. The molecule has 0 spiro atoms. The van der Waals surface area contributed by atoms with Gasteiger partial charge in [-0.2, -0.15) is 21.1 Å². The van der Waals surface area contributed by atoms with Crippen LogP contribution in [0.25, 0.3) is 0 Å². The van der Waals surface area contributed by atoms with Crippen LogP contribution in [0.1, 0.15) is 61.9 Å². The van der Waals surface area contributed by atoms with Crippen molar-refractivity contribution in [1.29, 1.82) is 0 Å². The maximum absolute atomic E-state index is 14.2. The van der Waals surface area contributed by atoms with Gasteiger partial charge >= 0.3 is 10.2 Å². The molecule has 4 N–H and O–H groups in total. The van der Waals surface area contributed by atoms with E-state index in [4.69, 9.17) is 5.73 Å². The molecule has 0 saturated carbocycles. The first-order valence-electron chi connectivity index (χ1n) is 13.4. The number of sulfonamides is 1. The number of benzene rings is 2. The Labute approximate surface area is 234 Å². The lowest BCUT2D eigenvalue weighted by Gasteiger charge is -2.41. The number of nitrogens with two attached hydrogens (primary N) is 1. The minimum atomic E-state index is -4.38. The summed E-state index contributed by atoms with van der Waals surface area (Å²) in [5.41, 5.74) is 6.11. The van der Waals surface area contributed by atoms with Crippen LogP contribution >= 0.6 is 0 Å². The summed E-state index contributed by atoms with van der Waals surface area (Å²) in [5.74, 6) is -2.51. The van der Waals surface area contributed by atoms with E-state index in [9.17, 15) is 26.4 Å². The van der Waals surface area contributed by atoms with Crippen LogP contribution in [0, 0.1) is 5.92 Å². The number of carbonyl (C=O) groups excluding carboxylic acids is 2. The molecule has 2 aromatic carbocycles. The van der Waals surface area contributed by atoms with Gasteiger partial charge < -0.3 is 11.1 Å². The molecule has 3 aliphatic rings. The molecule has 0 aromatic heterocycles. The first-order valence-corrected chi connectivity index (χ1v) is 16.3. The molecule has 1 fully saturated rings. The molecule has 0 amide bonds. The van der Waals surface area contributed by atoms with Gasteiger partial charge in [-0.3, -0.25) is 14.3 Å². The number of carbonyl (C=O) groups is 2. The predicted octanol–water partition coefficient (Wildman–Crippen LogP) is 2.81. The minimum Gasteiger partial charge on any atom is -0.341 e. The summed E-state index contributed by atoms with van der Waals surface area (Å²) < 4.78 is 59.8. The first kappa shape index (κ1) is 28.4. The molecule has 2 unspecified atom stereocenters. The van der Waals surface area contributed by atoms with Gasteiger partial charge in [0.15, 0.2) is 11.6 Å². The lowest BCUT2D eigenvalue weighted by Crippen LogP contribution is -2.52. The second-order valence-electron chi connectivity index (χ2n) is 10.6. The summed E-state index contributed by atoms with van der Waals surface area (Å²) >= 11 is 0. The highest BCUT2D eigenvalue weighted by atomic mass is 32.2. The first-order chi connectivity index (χ1) is 18.9. The SMILES string of the molecule is CCCC1(CCC)C(=O)C(C2=NS(=O)(=O)c3cc(NS(=O)(=O)N4CCC(N)C4)ccc3N2)C(=O)c2ccccc21. The molecule has 1 aliphatic carbocycles. The summed E-state index contributed by atoms with van der Waals surface area (Å²) in [4.78, 5) is 27.6. The third-order valence-electron chi connectivity index (χ3n) is 7.85. The molecule has 5 rings (SSSR count). The molecule has 1 saturated heterocycles. The van der Waals surface area contributed by atoms with Crippen LogP contribution < -0.4 is 15.8 Å². The van der Waals surface area contributed by atoms with Crippen LogP contribution in [-0.4, -0.2) is 57.7 Å². The van der Waals surface area contributed by atoms with Crippen molar-refractivity contribution < 1.29 is 26.4 Å². The fourth-order valence-corrected chi connectivity index (χ4v) is 8.56. The maximum Gasteiger partial charge on any atom is 0.301 e. The van der Waals surface area contributed by atoms with Crippen molar-refractivity contribution in [2.75, 3.05) is 23.1 Å². The number of nitrogens with zero attached hydrogens (tertiary/aromatic N) is 2. The molecule has 0 bridgehead atoms. The number of nitrogens with one attached hydrogen (secondary N) is 2. The van der Waals surface area contributed by atoms with E-state index in [1.807, 2.05) is 19.9 Å². The van der Waals surface area contributed by atoms with Gasteiger partial charge in [0.1, 0.15) is 16.6 Å². The molecule has 2 atom stereocenters. The maximum atomic E-state index is 14.2. The van der Waals surface area contributed by atoms with E-state index in [-0.39, 0.29) is 47.0 Å². The number of Topliss-reactive ketones (excluding diaryl/α,β-unsaturated/α-hetero) is 2. The van der Waals surface area contributed by atoms with Crippen LogP contribution in [0.5, 0.6) is 0 Å². The van der Waals surface area contributed by atoms with E-state index in [1.54, 1.807) is 18.2 Å². The molecule has 11 nitrogen and oxygen atoms in total. The summed E-state index contributed by atoms with van der Waals surface area (Å²) in [6, 6.07) is 10.7. The van der Waals surface area contributed by atoms with Gasteiger partial charge in [-0.15, -0.1) is 4.40 Å². The predicted molar refractivity (Wildman–Crippen MR) is 152 cm³/mol. The topological polar surface area (TPSA) is 168 Å². The van der Waals surface area contributed by atoms with E-state index in [2.05, 4.69) is 14.4 Å². The van der Waals surface area contributed by atoms with Crippen LogP contribution in [0.3, 0.4) is 0 Å². The molecule has 2 heterocycles. The number of hydrogen-bond acceptors (Lipinski definition) is 8. The van der Waals surface area contributed by atoms with Crippen LogP contribution in [-0.2, 0) is 30.4 Å². The molecule has 13 heteroatoms. The zero-order valence-corrected chi connectivity index (χ0v) is 24.0. The Hall–Kier alpha value is -3.13. The Morgan fingerprint density at radius 2 is 1.82 bits per heavy atom. The second-order valence-corrected chi connectivity index (χ2v) is 13.8. The lowest BCUT2D eigenvalue weighted by molar-refractivity contribution is -0.126. The van der Waals surface area contributed by atoms with E-state index in [1.165, 1.54) is 22.5 Å². The number of ketones is 2. The van der Waals surface area contributed by atoms with Crippen molar-refractivity contribution in [3.8, 4) is 0 Å². The van der Waals surface area contributed by atoms with Gasteiger partial charge in [0.05, 0.1) is 16.8 Å². The summed E-state index contributed by atoms with van der Waals surface area (Å²) in [5, 5.41) is 2.91. The number of rotatable bonds is 8. The van der Waals surface area contributed by atoms with Gasteiger partial charge in [0.2, 0.25) is 0 Å². The average Bonchev–Trinajstić information content (AvgIpc) is 3.35. The normalized spacial score (nSPS) is 23.6. The van der Waals surface area contributed by atoms with Crippen molar-refractivity contribution >= 4 is 49.0 Å². The zero-order chi connectivity index (χ0) is 28.9. The van der Waals surface area contributed by atoms with Gasteiger partial charge in [-0.1, -0.05) is 51.0 Å². The fourth-order valence-electron chi connectivity index (χ4n) is 6.09. The lowest BCUT2D eigenvalue weighted by atomic mass is 9.60. The van der Waals surface area contributed by atoms with Crippen molar-refractivity contribution in [2.24, 2.45) is 16.0 Å². The number of fused-ring (bicyclic) bond motifs is 2.